The number of Topliss-reactive ketones (excluding diaryl/α,β-unsaturated/α-hetero) is 2. The smallest absolute Gasteiger partial charge is 0.179 e. The summed E-state index contributed by atoms with van der Waals surface area (Å²) in [7, 11) is 0. The Morgan fingerprint density at radius 1 is 1.11 bits per heavy atom. The van der Waals surface area contributed by atoms with Gasteiger partial charge in [-0.1, -0.05) is 44.0 Å². The molecule has 0 bridgehead atoms. The van der Waals surface area contributed by atoms with Crippen LogP contribution in [0.4, 0.5) is 0 Å². The van der Waals surface area contributed by atoms with Crippen molar-refractivity contribution in [2.45, 2.75) is 26.2 Å². The fourth-order valence-corrected chi connectivity index (χ4v) is 2.14. The number of hydrogen-bond donors (Lipinski definition) is 0. The van der Waals surface area contributed by atoms with Gasteiger partial charge in [0.2, 0.25) is 0 Å². The summed E-state index contributed by atoms with van der Waals surface area (Å²) in [5, 5.41) is 0. The highest BCUT2D eigenvalue weighted by molar-refractivity contribution is 6.33. The third-order valence-electron chi connectivity index (χ3n) is 3.17. The molecule has 0 saturated carbocycles. The molecule has 0 unspecified atom stereocenters. The van der Waals surface area contributed by atoms with Gasteiger partial charge in [-0.25, -0.2) is 0 Å². The van der Waals surface area contributed by atoms with E-state index in [-0.39, 0.29) is 11.6 Å². The van der Waals surface area contributed by atoms with Crippen LogP contribution in [0.2, 0.25) is 0 Å². The minimum absolute atomic E-state index is 0.116. The van der Waals surface area contributed by atoms with Gasteiger partial charge in [0.25, 0.3) is 0 Å². The molecule has 0 heterocycles. The Hall–Kier alpha value is -1.77. The van der Waals surface area contributed by atoms with E-state index in [1.54, 1.807) is 24.3 Å². The number of hydrogen-bond acceptors (Lipinski definition) is 3. The minimum Gasteiger partial charge on any atom is -0.296 e. The third kappa shape index (κ3) is 2.40. The van der Waals surface area contributed by atoms with Crippen molar-refractivity contribution in [3.63, 3.8) is 0 Å². The Kier molecular flexibility index (Phi) is 4.03. The lowest BCUT2D eigenvalue weighted by molar-refractivity contribution is 0.0886. The van der Waals surface area contributed by atoms with Crippen LogP contribution in [0.15, 0.2) is 29.3 Å². The molecular weight excluding hydrogens is 226 g/mol. The summed E-state index contributed by atoms with van der Waals surface area (Å²) in [6, 6.07) is 6.98. The number of ketones is 2. The SMILES string of the molecule is CCCCCN=CC1C(=O)c2ccccc2C1=O. The van der Waals surface area contributed by atoms with Crippen molar-refractivity contribution < 1.29 is 9.59 Å². The predicted molar refractivity (Wildman–Crippen MR) is 71.5 cm³/mol. The molecule has 3 heteroatoms. The first-order chi connectivity index (χ1) is 8.75. The molecule has 1 aromatic rings. The van der Waals surface area contributed by atoms with E-state index < -0.39 is 5.92 Å². The Bertz CT molecular complexity index is 456. The van der Waals surface area contributed by atoms with Gasteiger partial charge >= 0.3 is 0 Å². The van der Waals surface area contributed by atoms with Gasteiger partial charge in [-0.2, -0.15) is 0 Å². The average molecular weight is 243 g/mol. The molecule has 1 aliphatic carbocycles. The second-order valence-electron chi connectivity index (χ2n) is 4.51. The van der Waals surface area contributed by atoms with Crippen molar-refractivity contribution in [3.05, 3.63) is 35.4 Å². The van der Waals surface area contributed by atoms with E-state index in [1.165, 1.54) is 6.21 Å². The van der Waals surface area contributed by atoms with Crippen LogP contribution in [0, 0.1) is 5.92 Å². The molecule has 1 aromatic carbocycles. The zero-order valence-electron chi connectivity index (χ0n) is 10.6. The van der Waals surface area contributed by atoms with Crippen LogP contribution < -0.4 is 0 Å². The van der Waals surface area contributed by atoms with Gasteiger partial charge in [-0.15, -0.1) is 0 Å². The van der Waals surface area contributed by atoms with Gasteiger partial charge in [0.05, 0.1) is 0 Å². The van der Waals surface area contributed by atoms with Gasteiger partial charge in [0, 0.05) is 23.9 Å². The maximum atomic E-state index is 12.0. The number of unbranched alkanes of at least 4 members (excludes halogenated alkanes) is 2. The normalized spacial score (nSPS) is 15.6. The molecule has 0 saturated heterocycles. The number of rotatable bonds is 5. The van der Waals surface area contributed by atoms with Crippen molar-refractivity contribution in [2.24, 2.45) is 10.9 Å². The molecule has 18 heavy (non-hydrogen) atoms. The van der Waals surface area contributed by atoms with E-state index >= 15 is 0 Å². The first-order valence-corrected chi connectivity index (χ1v) is 6.43. The Balaban J connectivity index is 2.05. The number of aliphatic imine (C=N–C) groups is 1. The number of nitrogens with zero attached hydrogens (tertiary/aromatic N) is 1. The molecule has 1 aliphatic rings. The monoisotopic (exact) mass is 243 g/mol. The molecule has 0 atom stereocenters. The van der Waals surface area contributed by atoms with E-state index in [2.05, 4.69) is 11.9 Å². The first-order valence-electron chi connectivity index (χ1n) is 6.43. The van der Waals surface area contributed by atoms with Gasteiger partial charge in [0.15, 0.2) is 11.6 Å². The molecular formula is C15H17NO2. The van der Waals surface area contributed by atoms with E-state index in [9.17, 15) is 9.59 Å². The average Bonchev–Trinajstić information content (AvgIpc) is 2.64. The molecule has 0 N–H and O–H groups in total. The summed E-state index contributed by atoms with van der Waals surface area (Å²) in [4.78, 5) is 28.2. The van der Waals surface area contributed by atoms with Crippen LogP contribution in [0.5, 0.6) is 0 Å². The van der Waals surface area contributed by atoms with Crippen molar-refractivity contribution in [2.75, 3.05) is 6.54 Å². The summed E-state index contributed by atoms with van der Waals surface area (Å²) in [6.45, 7) is 2.83. The maximum absolute atomic E-state index is 12.0. The van der Waals surface area contributed by atoms with Gasteiger partial charge in [0.1, 0.15) is 5.92 Å². The summed E-state index contributed by atoms with van der Waals surface area (Å²) in [5.41, 5.74) is 1.07. The van der Waals surface area contributed by atoms with E-state index in [0.717, 1.165) is 19.3 Å². The zero-order valence-corrected chi connectivity index (χ0v) is 10.6. The van der Waals surface area contributed by atoms with Crippen molar-refractivity contribution in [1.82, 2.24) is 0 Å². The van der Waals surface area contributed by atoms with Gasteiger partial charge < -0.3 is 0 Å². The number of carbonyl (C=O) groups excluding carboxylic acids is 2. The number of carbonyl (C=O) groups is 2. The highest BCUT2D eigenvalue weighted by Gasteiger charge is 2.36. The summed E-state index contributed by atoms with van der Waals surface area (Å²) in [6.07, 6.45) is 4.81. The molecule has 0 radical (unpaired) electrons. The van der Waals surface area contributed by atoms with Crippen LogP contribution in [0.25, 0.3) is 0 Å². The Morgan fingerprint density at radius 3 is 2.28 bits per heavy atom. The second-order valence-corrected chi connectivity index (χ2v) is 4.51. The Labute approximate surface area is 107 Å². The summed E-state index contributed by atoms with van der Waals surface area (Å²) < 4.78 is 0. The van der Waals surface area contributed by atoms with Crippen LogP contribution in [0.1, 0.15) is 46.9 Å². The minimum atomic E-state index is -0.691. The summed E-state index contributed by atoms with van der Waals surface area (Å²) in [5.74, 6) is -0.922. The Morgan fingerprint density at radius 2 is 1.72 bits per heavy atom. The van der Waals surface area contributed by atoms with E-state index in [0.29, 0.717) is 17.7 Å². The highest BCUT2D eigenvalue weighted by atomic mass is 16.2. The standard InChI is InChI=1S/C15H17NO2/c1-2-3-6-9-16-10-13-14(17)11-7-4-5-8-12(11)15(13)18/h4-5,7-8,10,13H,2-3,6,9H2,1H3. The third-order valence-corrected chi connectivity index (χ3v) is 3.17. The summed E-state index contributed by atoms with van der Waals surface area (Å²) >= 11 is 0. The van der Waals surface area contributed by atoms with E-state index in [1.807, 2.05) is 0 Å². The lowest BCUT2D eigenvalue weighted by Crippen LogP contribution is -2.16. The van der Waals surface area contributed by atoms with Crippen LogP contribution in [-0.2, 0) is 0 Å². The molecule has 3 nitrogen and oxygen atoms in total. The molecule has 0 aromatic heterocycles. The lowest BCUT2D eigenvalue weighted by atomic mass is 10.1. The predicted octanol–water partition coefficient (Wildman–Crippen LogP) is 2.94. The molecule has 0 amide bonds. The lowest BCUT2D eigenvalue weighted by Gasteiger charge is -1.98. The molecule has 0 aliphatic heterocycles. The van der Waals surface area contributed by atoms with Crippen molar-refractivity contribution in [3.8, 4) is 0 Å². The number of benzene rings is 1. The first kappa shape index (κ1) is 12.7. The van der Waals surface area contributed by atoms with E-state index in [4.69, 9.17) is 0 Å². The quantitative estimate of drug-likeness (QED) is 0.453. The van der Waals surface area contributed by atoms with Gasteiger partial charge in [-0.3, -0.25) is 14.6 Å². The molecule has 0 spiro atoms. The van der Waals surface area contributed by atoms with Crippen LogP contribution in [0.3, 0.4) is 0 Å². The second kappa shape index (κ2) is 5.71. The molecule has 94 valence electrons. The fraction of sp³-hybridized carbons (Fsp3) is 0.400. The zero-order chi connectivity index (χ0) is 13.0. The van der Waals surface area contributed by atoms with Crippen molar-refractivity contribution >= 4 is 17.8 Å². The number of fused-ring (bicyclic) bond motifs is 1. The van der Waals surface area contributed by atoms with Crippen molar-refractivity contribution in [1.29, 1.82) is 0 Å². The van der Waals surface area contributed by atoms with Crippen LogP contribution >= 0.6 is 0 Å². The largest absolute Gasteiger partial charge is 0.296 e. The van der Waals surface area contributed by atoms with Gasteiger partial charge in [-0.05, 0) is 6.42 Å². The topological polar surface area (TPSA) is 46.5 Å². The molecule has 2 rings (SSSR count). The highest BCUT2D eigenvalue weighted by Crippen LogP contribution is 2.25. The molecule has 0 fully saturated rings. The maximum Gasteiger partial charge on any atom is 0.179 e. The fourth-order valence-electron chi connectivity index (χ4n) is 2.14. The van der Waals surface area contributed by atoms with Crippen LogP contribution in [-0.4, -0.2) is 24.3 Å².